The highest BCUT2D eigenvalue weighted by Crippen LogP contribution is 2.19. The summed E-state index contributed by atoms with van der Waals surface area (Å²) in [6.07, 6.45) is 1.99. The van der Waals surface area contributed by atoms with Gasteiger partial charge in [-0.1, -0.05) is 29.8 Å². The Morgan fingerprint density at radius 1 is 0.952 bits per heavy atom. The van der Waals surface area contributed by atoms with Crippen molar-refractivity contribution in [1.82, 2.24) is 4.57 Å². The van der Waals surface area contributed by atoms with Gasteiger partial charge in [-0.15, -0.1) is 0 Å². The predicted octanol–water partition coefficient (Wildman–Crippen LogP) is 4.45. The van der Waals surface area contributed by atoms with Gasteiger partial charge in [-0.05, 0) is 55.5 Å². The molecule has 0 saturated carbocycles. The maximum absolute atomic E-state index is 12.6. The topological polar surface area (TPSA) is 22.0 Å². The number of aromatic nitrogens is 1. The molecule has 0 fully saturated rings. The van der Waals surface area contributed by atoms with Crippen molar-refractivity contribution in [1.29, 1.82) is 0 Å². The lowest BCUT2D eigenvalue weighted by molar-refractivity contribution is 0.0973. The van der Waals surface area contributed by atoms with Gasteiger partial charge in [0.1, 0.15) is 0 Å². The summed E-state index contributed by atoms with van der Waals surface area (Å²) in [6, 6.07) is 14.4. The van der Waals surface area contributed by atoms with Crippen LogP contribution in [-0.2, 0) is 6.54 Å². The smallest absolute Gasteiger partial charge is 0.182 e. The van der Waals surface area contributed by atoms with Gasteiger partial charge in [0.2, 0.25) is 0 Å². The molecule has 2 aromatic carbocycles. The molecule has 0 aliphatic rings. The molecular formula is C19H19NO. The van der Waals surface area contributed by atoms with Crippen molar-refractivity contribution < 1.29 is 4.79 Å². The van der Waals surface area contributed by atoms with Crippen LogP contribution in [0.15, 0.2) is 48.7 Å². The molecule has 2 nitrogen and oxygen atoms in total. The Labute approximate surface area is 125 Å². The predicted molar refractivity (Wildman–Crippen MR) is 86.9 cm³/mol. The van der Waals surface area contributed by atoms with Crippen molar-refractivity contribution in [3.8, 4) is 0 Å². The summed E-state index contributed by atoms with van der Waals surface area (Å²) in [5.74, 6) is 0.162. The van der Waals surface area contributed by atoms with E-state index in [9.17, 15) is 4.79 Å². The highest BCUT2D eigenvalue weighted by Gasteiger charge is 2.11. The summed E-state index contributed by atoms with van der Waals surface area (Å²) in [7, 11) is 0. The van der Waals surface area contributed by atoms with Crippen LogP contribution in [0.4, 0.5) is 0 Å². The van der Waals surface area contributed by atoms with Crippen molar-refractivity contribution in [2.24, 2.45) is 0 Å². The van der Waals surface area contributed by atoms with E-state index in [1.54, 1.807) is 0 Å². The normalized spacial score (nSPS) is 11.0. The number of carbonyl (C=O) groups excluding carboxylic acids is 1. The lowest BCUT2D eigenvalue weighted by atomic mass is 10.0. The monoisotopic (exact) mass is 277 g/mol. The number of Topliss-reactive ketones (excluding diaryl/α,β-unsaturated/α-hetero) is 1. The van der Waals surface area contributed by atoms with Gasteiger partial charge in [0.25, 0.3) is 0 Å². The number of rotatable bonds is 3. The molecule has 0 atom stereocenters. The van der Waals surface area contributed by atoms with Gasteiger partial charge < -0.3 is 4.57 Å². The van der Waals surface area contributed by atoms with Crippen molar-refractivity contribution in [3.63, 3.8) is 0 Å². The second kappa shape index (κ2) is 5.21. The van der Waals surface area contributed by atoms with Gasteiger partial charge in [0, 0.05) is 17.3 Å². The molecule has 0 amide bonds. The van der Waals surface area contributed by atoms with E-state index in [2.05, 4.69) is 31.2 Å². The van der Waals surface area contributed by atoms with Crippen molar-refractivity contribution in [2.75, 3.05) is 0 Å². The molecule has 1 aromatic heterocycles. The SMILES string of the molecule is Cc1ccc(C)c(C(=O)Cn2ccc3ccc(C)cc32)c1. The lowest BCUT2D eigenvalue weighted by Gasteiger charge is -2.09. The molecular weight excluding hydrogens is 258 g/mol. The number of fused-ring (bicyclic) bond motifs is 1. The Morgan fingerprint density at radius 3 is 2.48 bits per heavy atom. The number of hydrogen-bond donors (Lipinski definition) is 0. The summed E-state index contributed by atoms with van der Waals surface area (Å²) >= 11 is 0. The van der Waals surface area contributed by atoms with Crippen LogP contribution in [0.3, 0.4) is 0 Å². The van der Waals surface area contributed by atoms with Gasteiger partial charge in [-0.2, -0.15) is 0 Å². The van der Waals surface area contributed by atoms with Crippen molar-refractivity contribution in [2.45, 2.75) is 27.3 Å². The number of benzene rings is 2. The van der Waals surface area contributed by atoms with E-state index in [1.165, 1.54) is 10.9 Å². The molecule has 0 unspecified atom stereocenters. The highest BCUT2D eigenvalue weighted by molar-refractivity contribution is 5.98. The van der Waals surface area contributed by atoms with E-state index >= 15 is 0 Å². The van der Waals surface area contributed by atoms with Gasteiger partial charge >= 0.3 is 0 Å². The summed E-state index contributed by atoms with van der Waals surface area (Å²) < 4.78 is 2.03. The van der Waals surface area contributed by atoms with E-state index in [0.29, 0.717) is 6.54 Å². The Morgan fingerprint density at radius 2 is 1.67 bits per heavy atom. The van der Waals surface area contributed by atoms with E-state index in [0.717, 1.165) is 22.2 Å². The van der Waals surface area contributed by atoms with Crippen LogP contribution in [0.2, 0.25) is 0 Å². The zero-order valence-electron chi connectivity index (χ0n) is 12.7. The molecule has 3 rings (SSSR count). The zero-order valence-corrected chi connectivity index (χ0v) is 12.7. The molecule has 0 saturated heterocycles. The molecule has 0 radical (unpaired) electrons. The molecule has 106 valence electrons. The molecule has 0 aliphatic heterocycles. The lowest BCUT2D eigenvalue weighted by Crippen LogP contribution is -2.11. The first-order valence-electron chi connectivity index (χ1n) is 7.20. The van der Waals surface area contributed by atoms with E-state index < -0.39 is 0 Å². The third-order valence-electron chi connectivity index (χ3n) is 3.94. The minimum atomic E-state index is 0.162. The van der Waals surface area contributed by atoms with E-state index in [4.69, 9.17) is 0 Å². The van der Waals surface area contributed by atoms with Crippen molar-refractivity contribution in [3.05, 3.63) is 70.9 Å². The standard InChI is InChI=1S/C19H19NO/c1-13-4-6-15(3)17(10-13)19(21)12-20-9-8-16-7-5-14(2)11-18(16)20/h4-11H,12H2,1-3H3. The van der Waals surface area contributed by atoms with Crippen LogP contribution in [0.5, 0.6) is 0 Å². The first-order chi connectivity index (χ1) is 10.0. The average Bonchev–Trinajstić information content (AvgIpc) is 2.84. The third-order valence-corrected chi connectivity index (χ3v) is 3.94. The van der Waals surface area contributed by atoms with E-state index in [1.807, 2.05) is 42.8 Å². The van der Waals surface area contributed by atoms with Crippen molar-refractivity contribution >= 4 is 16.7 Å². The van der Waals surface area contributed by atoms with Crippen LogP contribution in [-0.4, -0.2) is 10.4 Å². The first kappa shape index (κ1) is 13.6. The highest BCUT2D eigenvalue weighted by atomic mass is 16.1. The fourth-order valence-corrected chi connectivity index (χ4v) is 2.71. The minimum Gasteiger partial charge on any atom is -0.340 e. The number of nitrogens with zero attached hydrogens (tertiary/aromatic N) is 1. The summed E-state index contributed by atoms with van der Waals surface area (Å²) in [5, 5.41) is 1.18. The Bertz CT molecular complexity index is 827. The van der Waals surface area contributed by atoms with Gasteiger partial charge in [0.15, 0.2) is 5.78 Å². The molecule has 2 heteroatoms. The fraction of sp³-hybridized carbons (Fsp3) is 0.211. The quantitative estimate of drug-likeness (QED) is 0.648. The summed E-state index contributed by atoms with van der Waals surface area (Å²) in [6.45, 7) is 6.47. The molecule has 0 N–H and O–H groups in total. The fourth-order valence-electron chi connectivity index (χ4n) is 2.71. The van der Waals surface area contributed by atoms with Gasteiger partial charge in [-0.3, -0.25) is 4.79 Å². The Kier molecular flexibility index (Phi) is 3.38. The van der Waals surface area contributed by atoms with Crippen LogP contribution >= 0.6 is 0 Å². The maximum atomic E-state index is 12.6. The van der Waals surface area contributed by atoms with Crippen LogP contribution < -0.4 is 0 Å². The largest absolute Gasteiger partial charge is 0.340 e. The molecule has 0 bridgehead atoms. The number of aryl methyl sites for hydroxylation is 3. The molecule has 0 aliphatic carbocycles. The average molecular weight is 277 g/mol. The maximum Gasteiger partial charge on any atom is 0.182 e. The Balaban J connectivity index is 1.96. The third kappa shape index (κ3) is 2.62. The molecule has 1 heterocycles. The number of carbonyl (C=O) groups is 1. The second-order valence-electron chi connectivity index (χ2n) is 5.75. The molecule has 3 aromatic rings. The molecule has 21 heavy (non-hydrogen) atoms. The van der Waals surface area contributed by atoms with Crippen LogP contribution in [0.25, 0.3) is 10.9 Å². The van der Waals surface area contributed by atoms with Crippen LogP contribution in [0, 0.1) is 20.8 Å². The number of hydrogen-bond acceptors (Lipinski definition) is 1. The first-order valence-corrected chi connectivity index (χ1v) is 7.20. The van der Waals surface area contributed by atoms with Gasteiger partial charge in [0.05, 0.1) is 6.54 Å². The minimum absolute atomic E-state index is 0.162. The summed E-state index contributed by atoms with van der Waals surface area (Å²) in [5.41, 5.74) is 5.31. The molecule has 0 spiro atoms. The van der Waals surface area contributed by atoms with E-state index in [-0.39, 0.29) is 5.78 Å². The second-order valence-corrected chi connectivity index (χ2v) is 5.75. The Hall–Kier alpha value is -2.35. The zero-order chi connectivity index (χ0) is 15.0. The number of ketones is 1. The summed E-state index contributed by atoms with van der Waals surface area (Å²) in [4.78, 5) is 12.6. The van der Waals surface area contributed by atoms with Gasteiger partial charge in [-0.25, -0.2) is 0 Å². The van der Waals surface area contributed by atoms with Crippen LogP contribution in [0.1, 0.15) is 27.0 Å².